The summed E-state index contributed by atoms with van der Waals surface area (Å²) >= 11 is 0. The molecule has 0 amide bonds. The van der Waals surface area contributed by atoms with E-state index in [4.69, 9.17) is 4.74 Å². The van der Waals surface area contributed by atoms with Gasteiger partial charge in [-0.3, -0.25) is 4.79 Å². The largest absolute Gasteiger partial charge is 0.497 e. The van der Waals surface area contributed by atoms with Crippen LogP contribution in [-0.2, 0) is 0 Å². The van der Waals surface area contributed by atoms with Crippen LogP contribution in [0.3, 0.4) is 0 Å². The number of carbonyl (C=O) groups is 1. The molecule has 1 N–H and O–H groups in total. The third kappa shape index (κ3) is 3.80. The van der Waals surface area contributed by atoms with Crippen molar-refractivity contribution in [1.82, 2.24) is 5.32 Å². The maximum Gasteiger partial charge on any atom is 0.163 e. The first-order valence-electron chi connectivity index (χ1n) is 7.09. The highest BCUT2D eigenvalue weighted by Gasteiger charge is 2.16. The number of piperidine rings is 1. The van der Waals surface area contributed by atoms with E-state index >= 15 is 0 Å². The minimum Gasteiger partial charge on any atom is -0.497 e. The lowest BCUT2D eigenvalue weighted by molar-refractivity contribution is 0.0970. The number of rotatable bonds is 5. The van der Waals surface area contributed by atoms with Gasteiger partial charge in [0.15, 0.2) is 5.78 Å². The molecule has 104 valence electrons. The van der Waals surface area contributed by atoms with Crippen LogP contribution in [0, 0.1) is 12.8 Å². The molecule has 0 bridgehead atoms. The van der Waals surface area contributed by atoms with Crippen LogP contribution in [0.2, 0.25) is 0 Å². The summed E-state index contributed by atoms with van der Waals surface area (Å²) in [6.45, 7) is 4.17. The van der Waals surface area contributed by atoms with Gasteiger partial charge in [-0.25, -0.2) is 0 Å². The Morgan fingerprint density at radius 3 is 2.74 bits per heavy atom. The van der Waals surface area contributed by atoms with Crippen LogP contribution in [-0.4, -0.2) is 26.0 Å². The average Bonchev–Trinajstić information content (AvgIpc) is 2.45. The highest BCUT2D eigenvalue weighted by Crippen LogP contribution is 2.22. The lowest BCUT2D eigenvalue weighted by Crippen LogP contribution is -2.28. The molecular formula is C16H23NO2. The zero-order chi connectivity index (χ0) is 13.7. The molecule has 0 unspecified atom stereocenters. The predicted molar refractivity (Wildman–Crippen MR) is 76.9 cm³/mol. The summed E-state index contributed by atoms with van der Waals surface area (Å²) in [5, 5.41) is 3.36. The first-order valence-corrected chi connectivity index (χ1v) is 7.09. The molecule has 1 aliphatic rings. The summed E-state index contributed by atoms with van der Waals surface area (Å²) in [5.74, 6) is 1.79. The van der Waals surface area contributed by atoms with E-state index < -0.39 is 0 Å². The van der Waals surface area contributed by atoms with E-state index in [-0.39, 0.29) is 5.78 Å². The van der Waals surface area contributed by atoms with Crippen LogP contribution in [0.25, 0.3) is 0 Å². The van der Waals surface area contributed by atoms with Gasteiger partial charge in [-0.1, -0.05) is 0 Å². The van der Waals surface area contributed by atoms with Crippen molar-refractivity contribution < 1.29 is 9.53 Å². The van der Waals surface area contributed by atoms with Crippen molar-refractivity contribution >= 4 is 5.78 Å². The fraction of sp³-hybridized carbons (Fsp3) is 0.562. The van der Waals surface area contributed by atoms with Gasteiger partial charge < -0.3 is 10.1 Å². The fourth-order valence-electron chi connectivity index (χ4n) is 2.72. The van der Waals surface area contributed by atoms with Gasteiger partial charge in [0.1, 0.15) is 5.75 Å². The number of nitrogens with one attached hydrogen (secondary N) is 1. The Bertz CT molecular complexity index is 436. The van der Waals surface area contributed by atoms with Gasteiger partial charge in [-0.15, -0.1) is 0 Å². The molecule has 1 fully saturated rings. The van der Waals surface area contributed by atoms with Crippen molar-refractivity contribution in [3.63, 3.8) is 0 Å². The first-order chi connectivity index (χ1) is 9.20. The summed E-state index contributed by atoms with van der Waals surface area (Å²) in [4.78, 5) is 12.3. The Morgan fingerprint density at radius 2 is 2.11 bits per heavy atom. The quantitative estimate of drug-likeness (QED) is 0.828. The maximum absolute atomic E-state index is 12.3. The second-order valence-electron chi connectivity index (χ2n) is 5.34. The summed E-state index contributed by atoms with van der Waals surface area (Å²) in [6.07, 6.45) is 4.09. The monoisotopic (exact) mass is 261 g/mol. The number of methoxy groups -OCH3 is 1. The molecule has 1 aromatic rings. The Balaban J connectivity index is 1.92. The van der Waals surface area contributed by atoms with E-state index in [0.29, 0.717) is 12.3 Å². The zero-order valence-electron chi connectivity index (χ0n) is 11.9. The summed E-state index contributed by atoms with van der Waals surface area (Å²) in [7, 11) is 1.65. The first kappa shape index (κ1) is 14.1. The molecule has 0 aromatic heterocycles. The predicted octanol–water partition coefficient (Wildman–Crippen LogP) is 2.97. The van der Waals surface area contributed by atoms with Crippen molar-refractivity contribution in [3.8, 4) is 5.75 Å². The molecule has 3 heteroatoms. The van der Waals surface area contributed by atoms with Gasteiger partial charge in [0.25, 0.3) is 0 Å². The molecule has 0 radical (unpaired) electrons. The minimum atomic E-state index is 0.263. The van der Waals surface area contributed by atoms with Gasteiger partial charge in [-0.2, -0.15) is 0 Å². The highest BCUT2D eigenvalue weighted by atomic mass is 16.5. The van der Waals surface area contributed by atoms with E-state index in [9.17, 15) is 4.79 Å². The molecule has 0 saturated carbocycles. The lowest BCUT2D eigenvalue weighted by atomic mass is 9.90. The zero-order valence-corrected chi connectivity index (χ0v) is 11.9. The number of ketones is 1. The highest BCUT2D eigenvalue weighted by molar-refractivity contribution is 5.97. The Hall–Kier alpha value is -1.35. The molecule has 0 aliphatic carbocycles. The molecule has 1 aliphatic heterocycles. The molecule has 2 rings (SSSR count). The molecular weight excluding hydrogens is 238 g/mol. The normalized spacial score (nSPS) is 16.3. The van der Waals surface area contributed by atoms with Crippen LogP contribution >= 0.6 is 0 Å². The standard InChI is InChI=1S/C16H23NO2/c1-12-11-14(19-2)4-5-15(12)16(18)6-3-13-7-9-17-10-8-13/h4-5,11,13,17H,3,6-10H2,1-2H3. The van der Waals surface area contributed by atoms with Crippen LogP contribution in [0.4, 0.5) is 0 Å². The van der Waals surface area contributed by atoms with Crippen LogP contribution in [0.1, 0.15) is 41.6 Å². The van der Waals surface area contributed by atoms with Crippen LogP contribution in [0.15, 0.2) is 18.2 Å². The Labute approximate surface area is 115 Å². The second kappa shape index (κ2) is 6.71. The molecule has 1 aromatic carbocycles. The molecule has 1 heterocycles. The number of hydrogen-bond acceptors (Lipinski definition) is 3. The van der Waals surface area contributed by atoms with Crippen LogP contribution < -0.4 is 10.1 Å². The van der Waals surface area contributed by atoms with Crippen molar-refractivity contribution in [2.75, 3.05) is 20.2 Å². The van der Waals surface area contributed by atoms with Crippen molar-refractivity contribution in [3.05, 3.63) is 29.3 Å². The smallest absolute Gasteiger partial charge is 0.163 e. The summed E-state index contributed by atoms with van der Waals surface area (Å²) in [5.41, 5.74) is 1.85. The van der Waals surface area contributed by atoms with Gasteiger partial charge in [-0.05, 0) is 69.0 Å². The third-order valence-electron chi connectivity index (χ3n) is 3.97. The van der Waals surface area contributed by atoms with Crippen molar-refractivity contribution in [1.29, 1.82) is 0 Å². The fourth-order valence-corrected chi connectivity index (χ4v) is 2.72. The molecule has 3 nitrogen and oxygen atoms in total. The third-order valence-corrected chi connectivity index (χ3v) is 3.97. The van der Waals surface area contributed by atoms with Crippen molar-refractivity contribution in [2.24, 2.45) is 5.92 Å². The summed E-state index contributed by atoms with van der Waals surface area (Å²) < 4.78 is 5.17. The molecule has 0 spiro atoms. The van der Waals surface area contributed by atoms with Gasteiger partial charge >= 0.3 is 0 Å². The van der Waals surface area contributed by atoms with E-state index in [2.05, 4.69) is 5.32 Å². The number of hydrogen-bond donors (Lipinski definition) is 1. The van der Waals surface area contributed by atoms with Gasteiger partial charge in [0.2, 0.25) is 0 Å². The molecule has 0 atom stereocenters. The van der Waals surface area contributed by atoms with Crippen LogP contribution in [0.5, 0.6) is 5.75 Å². The number of benzene rings is 1. The Morgan fingerprint density at radius 1 is 1.37 bits per heavy atom. The van der Waals surface area contributed by atoms with E-state index in [1.165, 1.54) is 12.8 Å². The van der Waals surface area contributed by atoms with Gasteiger partial charge in [0.05, 0.1) is 7.11 Å². The minimum absolute atomic E-state index is 0.263. The molecule has 1 saturated heterocycles. The number of ether oxygens (including phenoxy) is 1. The van der Waals surface area contributed by atoms with E-state index in [1.54, 1.807) is 7.11 Å². The second-order valence-corrected chi connectivity index (χ2v) is 5.34. The summed E-state index contributed by atoms with van der Waals surface area (Å²) in [6, 6.07) is 5.68. The number of carbonyl (C=O) groups excluding carboxylic acids is 1. The average molecular weight is 261 g/mol. The SMILES string of the molecule is COc1ccc(C(=O)CCC2CCNCC2)c(C)c1. The topological polar surface area (TPSA) is 38.3 Å². The number of Topliss-reactive ketones (excluding diaryl/α,β-unsaturated/α-hetero) is 1. The van der Waals surface area contributed by atoms with E-state index in [1.807, 2.05) is 25.1 Å². The van der Waals surface area contributed by atoms with Gasteiger partial charge in [0, 0.05) is 12.0 Å². The molecule has 19 heavy (non-hydrogen) atoms. The maximum atomic E-state index is 12.3. The van der Waals surface area contributed by atoms with E-state index in [0.717, 1.165) is 36.4 Å². The van der Waals surface area contributed by atoms with Crippen molar-refractivity contribution in [2.45, 2.75) is 32.6 Å². The Kier molecular flexibility index (Phi) is 4.97. The lowest BCUT2D eigenvalue weighted by Gasteiger charge is -2.22. The number of aryl methyl sites for hydroxylation is 1.